The van der Waals surface area contributed by atoms with E-state index in [1.165, 1.54) is 37.5 Å². The largest absolute Gasteiger partial charge is 0.376 e. The van der Waals surface area contributed by atoms with E-state index in [4.69, 9.17) is 0 Å². The summed E-state index contributed by atoms with van der Waals surface area (Å²) in [7, 11) is -10.5. The van der Waals surface area contributed by atoms with Crippen LogP contribution in [0.15, 0.2) is 30.3 Å². The number of rotatable bonds is 13. The number of benzene rings is 1. The number of unbranched alkanes of at least 4 members (excludes halogenated alkanes) is 8. The summed E-state index contributed by atoms with van der Waals surface area (Å²) in [6.07, 6.45) is 10.6. The van der Waals surface area contributed by atoms with Crippen LogP contribution in [0, 0.1) is 0 Å². The smallest absolute Gasteiger partial charge is 0.358 e. The SMILES string of the molecule is CCCCCCCCCCCC(O)(C1(P(=O)(O)O)C=Cc2ccccc21)P(=O)(O)O. The molecule has 7 nitrogen and oxygen atoms in total. The molecule has 9 heteroatoms. The van der Waals surface area contributed by atoms with Crippen molar-refractivity contribution >= 4 is 21.3 Å². The average Bonchev–Trinajstić information content (AvgIpc) is 3.07. The Morgan fingerprint density at radius 1 is 0.867 bits per heavy atom. The number of hydrogen-bond acceptors (Lipinski definition) is 3. The van der Waals surface area contributed by atoms with Gasteiger partial charge >= 0.3 is 15.2 Å². The third-order valence-corrected chi connectivity index (χ3v) is 9.45. The van der Waals surface area contributed by atoms with Crippen LogP contribution in [0.2, 0.25) is 0 Å². The molecule has 0 radical (unpaired) electrons. The highest BCUT2D eigenvalue weighted by molar-refractivity contribution is 7.58. The van der Waals surface area contributed by atoms with Crippen LogP contribution in [0.3, 0.4) is 0 Å². The molecule has 0 aliphatic heterocycles. The van der Waals surface area contributed by atoms with Crippen LogP contribution in [-0.4, -0.2) is 30.0 Å². The molecule has 1 aromatic rings. The second kappa shape index (κ2) is 10.2. The van der Waals surface area contributed by atoms with Crippen molar-refractivity contribution in [3.05, 3.63) is 41.5 Å². The van der Waals surface area contributed by atoms with E-state index >= 15 is 0 Å². The van der Waals surface area contributed by atoms with Gasteiger partial charge in [-0.25, -0.2) is 0 Å². The van der Waals surface area contributed by atoms with Crippen LogP contribution in [0.1, 0.15) is 82.3 Å². The summed E-state index contributed by atoms with van der Waals surface area (Å²) < 4.78 is 25.0. The van der Waals surface area contributed by atoms with Gasteiger partial charge in [0.1, 0.15) is 0 Å². The van der Waals surface area contributed by atoms with Crippen LogP contribution >= 0.6 is 15.2 Å². The van der Waals surface area contributed by atoms with Gasteiger partial charge in [0.05, 0.1) is 0 Å². The van der Waals surface area contributed by atoms with Crippen LogP contribution < -0.4 is 0 Å². The van der Waals surface area contributed by atoms with E-state index in [9.17, 15) is 33.8 Å². The van der Waals surface area contributed by atoms with Crippen molar-refractivity contribution in [3.8, 4) is 0 Å². The molecule has 0 saturated carbocycles. The molecule has 30 heavy (non-hydrogen) atoms. The van der Waals surface area contributed by atoms with Gasteiger partial charge in [-0.1, -0.05) is 94.7 Å². The molecule has 0 aromatic heterocycles. The van der Waals surface area contributed by atoms with Crippen LogP contribution in [0.4, 0.5) is 0 Å². The van der Waals surface area contributed by atoms with Gasteiger partial charge in [0.2, 0.25) is 0 Å². The first-order valence-corrected chi connectivity index (χ1v) is 13.9. The van der Waals surface area contributed by atoms with Crippen molar-refractivity contribution in [2.24, 2.45) is 0 Å². The fourth-order valence-corrected chi connectivity index (χ4v) is 7.60. The van der Waals surface area contributed by atoms with Gasteiger partial charge in [-0.05, 0) is 24.0 Å². The van der Waals surface area contributed by atoms with Crippen LogP contribution in [0.5, 0.6) is 0 Å². The first-order chi connectivity index (χ1) is 14.0. The number of aliphatic hydroxyl groups is 1. The Labute approximate surface area is 178 Å². The maximum absolute atomic E-state index is 12.6. The van der Waals surface area contributed by atoms with Gasteiger partial charge < -0.3 is 24.7 Å². The molecule has 1 aromatic carbocycles. The molecule has 0 saturated heterocycles. The molecule has 0 fully saturated rings. The third-order valence-electron chi connectivity index (χ3n) is 6.06. The van der Waals surface area contributed by atoms with Gasteiger partial charge in [-0.3, -0.25) is 9.13 Å². The van der Waals surface area contributed by atoms with Crippen molar-refractivity contribution in [2.45, 2.75) is 81.6 Å². The van der Waals surface area contributed by atoms with E-state index in [1.54, 1.807) is 12.1 Å². The highest BCUT2D eigenvalue weighted by Gasteiger charge is 2.69. The minimum Gasteiger partial charge on any atom is -0.376 e. The van der Waals surface area contributed by atoms with Crippen molar-refractivity contribution in [3.63, 3.8) is 0 Å². The number of hydrogen-bond donors (Lipinski definition) is 5. The molecular weight excluding hydrogens is 426 g/mol. The highest BCUT2D eigenvalue weighted by Crippen LogP contribution is 2.74. The zero-order chi connectivity index (χ0) is 22.5. The average molecular weight is 460 g/mol. The summed E-state index contributed by atoms with van der Waals surface area (Å²) in [6, 6.07) is 6.21. The van der Waals surface area contributed by atoms with E-state index in [-0.39, 0.29) is 12.0 Å². The molecule has 2 unspecified atom stereocenters. The zero-order valence-electron chi connectivity index (χ0n) is 17.5. The summed E-state index contributed by atoms with van der Waals surface area (Å²) in [4.78, 5) is 40.5. The lowest BCUT2D eigenvalue weighted by Gasteiger charge is -2.44. The molecule has 0 spiro atoms. The molecule has 0 bridgehead atoms. The topological polar surface area (TPSA) is 135 Å². The molecule has 5 N–H and O–H groups in total. The van der Waals surface area contributed by atoms with E-state index in [2.05, 4.69) is 6.92 Å². The summed E-state index contributed by atoms with van der Waals surface area (Å²) in [5.41, 5.74) is 0.472. The van der Waals surface area contributed by atoms with E-state index in [0.29, 0.717) is 12.0 Å². The van der Waals surface area contributed by atoms with E-state index in [1.807, 2.05) is 0 Å². The highest BCUT2D eigenvalue weighted by atomic mass is 31.2. The maximum Gasteiger partial charge on any atom is 0.358 e. The molecule has 2 atom stereocenters. The summed E-state index contributed by atoms with van der Waals surface area (Å²) in [5, 5.41) is 5.90. The molecule has 1 aliphatic carbocycles. The molecule has 2 rings (SSSR count). The zero-order valence-corrected chi connectivity index (χ0v) is 19.3. The molecule has 0 amide bonds. The summed E-state index contributed by atoms with van der Waals surface area (Å²) >= 11 is 0. The van der Waals surface area contributed by atoms with Crippen LogP contribution in [0.25, 0.3) is 6.08 Å². The summed E-state index contributed by atoms with van der Waals surface area (Å²) in [5.74, 6) is 0. The lowest BCUT2D eigenvalue weighted by Crippen LogP contribution is -2.49. The Bertz CT molecular complexity index is 828. The first kappa shape index (κ1) is 25.5. The van der Waals surface area contributed by atoms with Crippen molar-refractivity contribution in [2.75, 3.05) is 0 Å². The normalized spacial score (nSPS) is 20.9. The maximum atomic E-state index is 12.6. The fraction of sp³-hybridized carbons (Fsp3) is 0.619. The fourth-order valence-electron chi connectivity index (χ4n) is 4.37. The standard InChI is InChI=1S/C21H34O7P2/c1-2-3-4-5-6-7-8-9-12-16-21(22,30(26,27)28)20(29(23,24)25)17-15-18-13-10-11-14-19(18)20/h10-11,13-15,17,22H,2-9,12,16H2,1H3,(H2,23,24,25)(H2,26,27,28). The lowest BCUT2D eigenvalue weighted by molar-refractivity contribution is 0.0432. The lowest BCUT2D eigenvalue weighted by atomic mass is 9.89. The van der Waals surface area contributed by atoms with Crippen LogP contribution in [-0.2, 0) is 14.3 Å². The Hall–Kier alpha value is -0.780. The minimum atomic E-state index is -5.32. The third kappa shape index (κ3) is 4.99. The Balaban J connectivity index is 2.19. The molecule has 0 heterocycles. The van der Waals surface area contributed by atoms with Gasteiger partial charge in [-0.15, -0.1) is 0 Å². The Morgan fingerprint density at radius 2 is 1.40 bits per heavy atom. The van der Waals surface area contributed by atoms with Gasteiger partial charge in [0.15, 0.2) is 10.5 Å². The van der Waals surface area contributed by atoms with E-state index in [0.717, 1.165) is 31.8 Å². The van der Waals surface area contributed by atoms with Crippen molar-refractivity contribution in [1.29, 1.82) is 0 Å². The number of fused-ring (bicyclic) bond motifs is 1. The predicted molar refractivity (Wildman–Crippen MR) is 118 cm³/mol. The van der Waals surface area contributed by atoms with Gasteiger partial charge in [0, 0.05) is 0 Å². The Kier molecular flexibility index (Phi) is 8.68. The first-order valence-electron chi connectivity index (χ1n) is 10.6. The predicted octanol–water partition coefficient (Wildman–Crippen LogP) is 4.87. The molecule has 170 valence electrons. The van der Waals surface area contributed by atoms with E-state index < -0.39 is 32.1 Å². The molecular formula is C21H34O7P2. The second-order valence-electron chi connectivity index (χ2n) is 8.17. The Morgan fingerprint density at radius 3 is 1.93 bits per heavy atom. The van der Waals surface area contributed by atoms with Gasteiger partial charge in [-0.2, -0.15) is 0 Å². The quantitative estimate of drug-likeness (QED) is 0.209. The minimum absolute atomic E-state index is 0.0417. The molecule has 1 aliphatic rings. The summed E-state index contributed by atoms with van der Waals surface area (Å²) in [6.45, 7) is 2.16. The van der Waals surface area contributed by atoms with Crippen molar-refractivity contribution in [1.82, 2.24) is 0 Å². The monoisotopic (exact) mass is 460 g/mol. The second-order valence-corrected chi connectivity index (χ2v) is 11.8. The van der Waals surface area contributed by atoms with Gasteiger partial charge in [0.25, 0.3) is 0 Å². The van der Waals surface area contributed by atoms with Crippen molar-refractivity contribution < 1.29 is 33.8 Å².